The first-order chi connectivity index (χ1) is 20.2. The number of hydrogen-bond donors (Lipinski definition) is 0. The van der Waals surface area contributed by atoms with Gasteiger partial charge in [0.25, 0.3) is 5.91 Å². The van der Waals surface area contributed by atoms with Crippen LogP contribution >= 0.6 is 0 Å². The highest BCUT2D eigenvalue weighted by atomic mass is 16.6. The van der Waals surface area contributed by atoms with E-state index in [0.717, 1.165) is 10.5 Å². The quantitative estimate of drug-likeness (QED) is 0.233. The van der Waals surface area contributed by atoms with Gasteiger partial charge in [-0.2, -0.15) is 0 Å². The van der Waals surface area contributed by atoms with Crippen molar-refractivity contribution in [2.24, 2.45) is 0 Å². The van der Waals surface area contributed by atoms with Crippen molar-refractivity contribution >= 4 is 24.1 Å². The number of ether oxygens (including phenoxy) is 5. The Hall–Kier alpha value is -3.18. The van der Waals surface area contributed by atoms with Gasteiger partial charge < -0.3 is 23.7 Å². The molecule has 2 heterocycles. The Kier molecular flexibility index (Phi) is 11.6. The summed E-state index contributed by atoms with van der Waals surface area (Å²) in [5.74, 6) is -1.05. The highest BCUT2D eigenvalue weighted by molar-refractivity contribution is 5.96. The number of benzene rings is 1. The van der Waals surface area contributed by atoms with Crippen LogP contribution in [0.5, 0.6) is 0 Å². The topological polar surface area (TPSA) is 121 Å². The molecule has 1 aromatic carbocycles. The summed E-state index contributed by atoms with van der Waals surface area (Å²) in [6.07, 6.45) is -2.30. The average Bonchev–Trinajstić information content (AvgIpc) is 3.42. The monoisotopic (exact) mass is 604 g/mol. The molecule has 240 valence electrons. The second-order valence-corrected chi connectivity index (χ2v) is 12.4. The Morgan fingerprint density at radius 3 is 2.30 bits per heavy atom. The summed E-state index contributed by atoms with van der Waals surface area (Å²) in [7, 11) is 0. The van der Waals surface area contributed by atoms with E-state index < -0.39 is 59.7 Å². The lowest BCUT2D eigenvalue weighted by Gasteiger charge is -2.35. The van der Waals surface area contributed by atoms with Crippen LogP contribution < -0.4 is 0 Å². The van der Waals surface area contributed by atoms with Crippen molar-refractivity contribution in [1.29, 1.82) is 0 Å². The second-order valence-electron chi connectivity index (χ2n) is 12.4. The number of esters is 1. The standard InChI is InChI=1S/C32H48N2O9/c1-9-23(10-2)41-27(28(36)33-22(20-40-29(33)37)19-21-15-13-12-14-16-21)26-24(17-18-25(35)39-11-3)34(32(7,8)42-26)30(38)43-31(4,5)6/h12-16,22-24,26-27H,9-11,17-20H2,1-8H3/t22-,24-,26+,27-/m0/s1. The molecule has 1 aromatic rings. The maximum atomic E-state index is 14.4. The Balaban J connectivity index is 2.03. The molecule has 11 nitrogen and oxygen atoms in total. The van der Waals surface area contributed by atoms with Gasteiger partial charge in [-0.15, -0.1) is 0 Å². The van der Waals surface area contributed by atoms with Gasteiger partial charge in [-0.25, -0.2) is 14.5 Å². The fourth-order valence-corrected chi connectivity index (χ4v) is 5.61. The molecule has 0 spiro atoms. The lowest BCUT2D eigenvalue weighted by atomic mass is 9.97. The van der Waals surface area contributed by atoms with E-state index in [1.807, 2.05) is 44.2 Å². The summed E-state index contributed by atoms with van der Waals surface area (Å²) in [6.45, 7) is 14.6. The first kappa shape index (κ1) is 34.3. The molecule has 2 aliphatic heterocycles. The molecular weight excluding hydrogens is 556 g/mol. The van der Waals surface area contributed by atoms with Gasteiger partial charge in [0.2, 0.25) is 0 Å². The molecule has 0 aromatic heterocycles. The number of cyclic esters (lactones) is 1. The summed E-state index contributed by atoms with van der Waals surface area (Å²) in [6, 6.07) is 8.19. The van der Waals surface area contributed by atoms with Crippen LogP contribution in [0.3, 0.4) is 0 Å². The molecule has 3 amide bonds. The van der Waals surface area contributed by atoms with Gasteiger partial charge >= 0.3 is 18.2 Å². The lowest BCUT2D eigenvalue weighted by molar-refractivity contribution is -0.166. The maximum Gasteiger partial charge on any atom is 0.417 e. The van der Waals surface area contributed by atoms with E-state index in [2.05, 4.69) is 0 Å². The van der Waals surface area contributed by atoms with Crippen molar-refractivity contribution in [2.75, 3.05) is 13.2 Å². The van der Waals surface area contributed by atoms with Gasteiger partial charge in [-0.1, -0.05) is 44.2 Å². The minimum Gasteiger partial charge on any atom is -0.466 e. The summed E-state index contributed by atoms with van der Waals surface area (Å²) in [5, 5.41) is 0. The zero-order valence-corrected chi connectivity index (χ0v) is 26.8. The van der Waals surface area contributed by atoms with Crippen LogP contribution in [-0.2, 0) is 39.7 Å². The number of rotatable bonds is 12. The van der Waals surface area contributed by atoms with Crippen molar-refractivity contribution in [3.05, 3.63) is 35.9 Å². The highest BCUT2D eigenvalue weighted by Gasteiger charge is 2.57. The molecule has 2 fully saturated rings. The van der Waals surface area contributed by atoms with E-state index in [1.54, 1.807) is 41.5 Å². The zero-order chi connectivity index (χ0) is 31.9. The van der Waals surface area contributed by atoms with Crippen LogP contribution in [0.4, 0.5) is 9.59 Å². The van der Waals surface area contributed by atoms with Crippen LogP contribution in [0.25, 0.3) is 0 Å². The molecule has 2 aliphatic rings. The third kappa shape index (κ3) is 8.69. The Labute approximate surface area is 255 Å². The van der Waals surface area contributed by atoms with Gasteiger partial charge in [0.1, 0.15) is 24.0 Å². The molecule has 0 N–H and O–H groups in total. The van der Waals surface area contributed by atoms with E-state index in [0.29, 0.717) is 19.3 Å². The number of nitrogens with zero attached hydrogens (tertiary/aromatic N) is 2. The minimum atomic E-state index is -1.27. The van der Waals surface area contributed by atoms with Gasteiger partial charge in [0.05, 0.1) is 24.8 Å². The zero-order valence-electron chi connectivity index (χ0n) is 26.8. The van der Waals surface area contributed by atoms with E-state index in [-0.39, 0.29) is 32.2 Å². The lowest BCUT2D eigenvalue weighted by Crippen LogP contribution is -2.55. The van der Waals surface area contributed by atoms with E-state index in [1.165, 1.54) is 4.90 Å². The van der Waals surface area contributed by atoms with Gasteiger partial charge in [0, 0.05) is 6.42 Å². The Morgan fingerprint density at radius 2 is 1.72 bits per heavy atom. The van der Waals surface area contributed by atoms with Crippen molar-refractivity contribution in [2.45, 2.75) is 129 Å². The Morgan fingerprint density at radius 1 is 1.07 bits per heavy atom. The number of hydrogen-bond acceptors (Lipinski definition) is 9. The third-order valence-corrected chi connectivity index (χ3v) is 7.56. The number of imide groups is 1. The van der Waals surface area contributed by atoms with Crippen molar-refractivity contribution in [3.8, 4) is 0 Å². The normalized spacial score (nSPS) is 22.4. The fraction of sp³-hybridized carbons (Fsp3) is 0.688. The molecule has 0 saturated carbocycles. The minimum absolute atomic E-state index is 0.0258. The van der Waals surface area contributed by atoms with E-state index in [4.69, 9.17) is 23.7 Å². The van der Waals surface area contributed by atoms with E-state index in [9.17, 15) is 19.2 Å². The summed E-state index contributed by atoms with van der Waals surface area (Å²) in [4.78, 5) is 56.0. The molecule has 4 atom stereocenters. The maximum absolute atomic E-state index is 14.4. The van der Waals surface area contributed by atoms with Crippen LogP contribution in [0.1, 0.15) is 86.6 Å². The number of carbonyl (C=O) groups is 4. The number of amides is 3. The van der Waals surface area contributed by atoms with Crippen LogP contribution in [0.15, 0.2) is 30.3 Å². The third-order valence-electron chi connectivity index (χ3n) is 7.56. The predicted octanol–water partition coefficient (Wildman–Crippen LogP) is 5.23. The molecule has 43 heavy (non-hydrogen) atoms. The summed E-state index contributed by atoms with van der Waals surface area (Å²) in [5.41, 5.74) is -1.08. The smallest absolute Gasteiger partial charge is 0.417 e. The molecule has 0 radical (unpaired) electrons. The molecule has 11 heteroatoms. The van der Waals surface area contributed by atoms with E-state index >= 15 is 0 Å². The fourth-order valence-electron chi connectivity index (χ4n) is 5.61. The highest BCUT2D eigenvalue weighted by Crippen LogP contribution is 2.39. The van der Waals surface area contributed by atoms with Gasteiger partial charge in [0.15, 0.2) is 6.10 Å². The van der Waals surface area contributed by atoms with Crippen LogP contribution in [-0.4, -0.2) is 88.8 Å². The molecule has 0 aliphatic carbocycles. The molecular formula is C32H48N2O9. The largest absolute Gasteiger partial charge is 0.466 e. The summed E-state index contributed by atoms with van der Waals surface area (Å²) < 4.78 is 29.2. The van der Waals surface area contributed by atoms with Gasteiger partial charge in [-0.05, 0) is 72.8 Å². The van der Waals surface area contributed by atoms with Crippen LogP contribution in [0.2, 0.25) is 0 Å². The number of carbonyl (C=O) groups excluding carboxylic acids is 4. The Bertz CT molecular complexity index is 1110. The van der Waals surface area contributed by atoms with Crippen molar-refractivity contribution in [1.82, 2.24) is 9.80 Å². The van der Waals surface area contributed by atoms with Crippen molar-refractivity contribution in [3.63, 3.8) is 0 Å². The van der Waals surface area contributed by atoms with Gasteiger partial charge in [-0.3, -0.25) is 14.5 Å². The average molecular weight is 605 g/mol. The van der Waals surface area contributed by atoms with Crippen LogP contribution in [0, 0.1) is 0 Å². The SMILES string of the molecule is CCOC(=O)CC[C@H]1[C@H]([C@H](OC(CC)CC)C(=O)N2C(=O)OC[C@@H]2Cc2ccccc2)OC(C)(C)N1C(=O)OC(C)(C)C. The molecule has 0 bridgehead atoms. The second kappa shape index (κ2) is 14.5. The summed E-state index contributed by atoms with van der Waals surface area (Å²) >= 11 is 0. The first-order valence-electron chi connectivity index (χ1n) is 15.3. The van der Waals surface area contributed by atoms with Crippen molar-refractivity contribution < 1.29 is 42.9 Å². The molecule has 2 saturated heterocycles. The molecule has 0 unspecified atom stereocenters. The molecule has 3 rings (SSSR count). The predicted molar refractivity (Wildman–Crippen MR) is 158 cm³/mol. The first-order valence-corrected chi connectivity index (χ1v) is 15.3.